The number of aryl methyl sites for hydroxylation is 1. The number of rotatable bonds is 2. The third-order valence-electron chi connectivity index (χ3n) is 4.44. The Morgan fingerprint density at radius 3 is 2.85 bits per heavy atom. The maximum atomic E-state index is 11.4. The summed E-state index contributed by atoms with van der Waals surface area (Å²) >= 11 is 0. The number of benzene rings is 1. The summed E-state index contributed by atoms with van der Waals surface area (Å²) in [6.07, 6.45) is 6.43. The number of nitrogen functional groups attached to an aromatic ring is 1. The number of fused-ring (bicyclic) bond motifs is 1. The van der Waals surface area contributed by atoms with Crippen molar-refractivity contribution in [1.29, 1.82) is 0 Å². The minimum Gasteiger partial charge on any atom is -0.488 e. The molecule has 3 rings (SSSR count). The van der Waals surface area contributed by atoms with Gasteiger partial charge in [-0.1, -0.05) is 13.3 Å². The fraction of sp³-hybridized carbons (Fsp3) is 0.562. The first-order valence-corrected chi connectivity index (χ1v) is 7.52. The zero-order valence-corrected chi connectivity index (χ0v) is 11.9. The lowest BCUT2D eigenvalue weighted by Gasteiger charge is -2.30. The van der Waals surface area contributed by atoms with E-state index in [1.165, 1.54) is 19.3 Å². The van der Waals surface area contributed by atoms with Gasteiger partial charge in [0.25, 0.3) is 0 Å². The predicted molar refractivity (Wildman–Crippen MR) is 79.9 cm³/mol. The molecule has 4 heteroatoms. The van der Waals surface area contributed by atoms with E-state index in [0.29, 0.717) is 18.0 Å². The number of carbonyl (C=O) groups is 1. The normalized spacial score (nSPS) is 25.8. The van der Waals surface area contributed by atoms with Crippen molar-refractivity contribution >= 4 is 17.3 Å². The van der Waals surface area contributed by atoms with Crippen molar-refractivity contribution < 1.29 is 9.53 Å². The van der Waals surface area contributed by atoms with E-state index in [2.05, 4.69) is 12.2 Å². The van der Waals surface area contributed by atoms with Crippen molar-refractivity contribution in [1.82, 2.24) is 0 Å². The Hall–Kier alpha value is -1.71. The van der Waals surface area contributed by atoms with Gasteiger partial charge in [0.1, 0.15) is 11.9 Å². The van der Waals surface area contributed by atoms with Crippen molar-refractivity contribution in [3.63, 3.8) is 0 Å². The highest BCUT2D eigenvalue weighted by Crippen LogP contribution is 2.35. The summed E-state index contributed by atoms with van der Waals surface area (Å²) < 4.78 is 6.15. The second kappa shape index (κ2) is 5.35. The molecular formula is C16H22N2O2. The Morgan fingerprint density at radius 2 is 2.05 bits per heavy atom. The van der Waals surface area contributed by atoms with Gasteiger partial charge in [-0.2, -0.15) is 0 Å². The Morgan fingerprint density at radius 1 is 1.25 bits per heavy atom. The van der Waals surface area contributed by atoms with Crippen LogP contribution in [0.25, 0.3) is 0 Å². The number of hydrogen-bond donors (Lipinski definition) is 2. The zero-order chi connectivity index (χ0) is 14.1. The van der Waals surface area contributed by atoms with Crippen LogP contribution in [0.4, 0.5) is 11.4 Å². The average Bonchev–Trinajstić information content (AvgIpc) is 2.42. The van der Waals surface area contributed by atoms with Crippen molar-refractivity contribution in [2.24, 2.45) is 5.92 Å². The largest absolute Gasteiger partial charge is 0.488 e. The molecule has 0 aromatic heterocycles. The van der Waals surface area contributed by atoms with E-state index in [0.717, 1.165) is 29.8 Å². The molecule has 1 heterocycles. The van der Waals surface area contributed by atoms with E-state index < -0.39 is 0 Å². The Balaban J connectivity index is 1.81. The Bertz CT molecular complexity index is 527. The van der Waals surface area contributed by atoms with Crippen LogP contribution in [0.2, 0.25) is 0 Å². The first kappa shape index (κ1) is 13.3. The molecule has 1 aliphatic heterocycles. The highest BCUT2D eigenvalue weighted by molar-refractivity contribution is 5.94. The van der Waals surface area contributed by atoms with Crippen molar-refractivity contribution in [2.45, 2.75) is 51.6 Å². The zero-order valence-electron chi connectivity index (χ0n) is 11.9. The van der Waals surface area contributed by atoms with Gasteiger partial charge in [-0.25, -0.2) is 0 Å². The van der Waals surface area contributed by atoms with Crippen LogP contribution in [-0.4, -0.2) is 12.0 Å². The smallest absolute Gasteiger partial charge is 0.224 e. The molecule has 20 heavy (non-hydrogen) atoms. The molecule has 4 nitrogen and oxygen atoms in total. The van der Waals surface area contributed by atoms with Crippen molar-refractivity contribution in [3.05, 3.63) is 17.7 Å². The molecule has 0 radical (unpaired) electrons. The number of hydrogen-bond acceptors (Lipinski definition) is 3. The molecule has 3 N–H and O–H groups in total. The second-order valence-electron chi connectivity index (χ2n) is 6.01. The van der Waals surface area contributed by atoms with Crippen LogP contribution in [0.15, 0.2) is 12.1 Å². The topological polar surface area (TPSA) is 64.3 Å². The van der Waals surface area contributed by atoms with Gasteiger partial charge in [-0.05, 0) is 49.3 Å². The maximum absolute atomic E-state index is 11.4. The summed E-state index contributed by atoms with van der Waals surface area (Å²) in [6, 6.07) is 3.83. The number of amides is 1. The van der Waals surface area contributed by atoms with Gasteiger partial charge in [0.2, 0.25) is 5.91 Å². The molecule has 2 atom stereocenters. The SMILES string of the molecule is CC1CCCCC1Oc1cc2c(cc1N)NC(=O)CC2. The molecular weight excluding hydrogens is 252 g/mol. The minimum absolute atomic E-state index is 0.0615. The van der Waals surface area contributed by atoms with Gasteiger partial charge in [0.05, 0.1) is 5.69 Å². The fourth-order valence-corrected chi connectivity index (χ4v) is 3.15. The van der Waals surface area contributed by atoms with E-state index in [1.807, 2.05) is 12.1 Å². The second-order valence-corrected chi connectivity index (χ2v) is 6.01. The van der Waals surface area contributed by atoms with Gasteiger partial charge < -0.3 is 15.8 Å². The van der Waals surface area contributed by atoms with E-state index >= 15 is 0 Å². The van der Waals surface area contributed by atoms with E-state index in [1.54, 1.807) is 0 Å². The first-order valence-electron chi connectivity index (χ1n) is 7.52. The van der Waals surface area contributed by atoms with Crippen molar-refractivity contribution in [2.75, 3.05) is 11.1 Å². The molecule has 0 spiro atoms. The molecule has 1 saturated carbocycles. The van der Waals surface area contributed by atoms with Crippen LogP contribution < -0.4 is 15.8 Å². The summed E-state index contributed by atoms with van der Waals surface area (Å²) in [5, 5.41) is 2.87. The monoisotopic (exact) mass is 274 g/mol. The number of anilines is 2. The van der Waals surface area contributed by atoms with Gasteiger partial charge in [0, 0.05) is 12.1 Å². The molecule has 1 fully saturated rings. The highest BCUT2D eigenvalue weighted by Gasteiger charge is 2.24. The highest BCUT2D eigenvalue weighted by atomic mass is 16.5. The van der Waals surface area contributed by atoms with Crippen molar-refractivity contribution in [3.8, 4) is 5.75 Å². The summed E-state index contributed by atoms with van der Waals surface area (Å²) in [7, 11) is 0. The van der Waals surface area contributed by atoms with E-state index in [9.17, 15) is 4.79 Å². The summed E-state index contributed by atoms with van der Waals surface area (Å²) in [4.78, 5) is 11.4. The number of nitrogens with two attached hydrogens (primary N) is 1. The quantitative estimate of drug-likeness (QED) is 0.814. The molecule has 0 saturated heterocycles. The third kappa shape index (κ3) is 2.60. The Kier molecular flexibility index (Phi) is 3.55. The lowest BCUT2D eigenvalue weighted by atomic mass is 9.88. The summed E-state index contributed by atoms with van der Waals surface area (Å²) in [5.74, 6) is 1.42. The van der Waals surface area contributed by atoms with E-state index in [4.69, 9.17) is 10.5 Å². The van der Waals surface area contributed by atoms with Gasteiger partial charge in [-0.15, -0.1) is 0 Å². The number of carbonyl (C=O) groups excluding carboxylic acids is 1. The molecule has 2 aliphatic rings. The molecule has 1 amide bonds. The van der Waals surface area contributed by atoms with Gasteiger partial charge >= 0.3 is 0 Å². The third-order valence-corrected chi connectivity index (χ3v) is 4.44. The molecule has 1 aliphatic carbocycles. The predicted octanol–water partition coefficient (Wildman–Crippen LogP) is 3.11. The van der Waals surface area contributed by atoms with E-state index in [-0.39, 0.29) is 12.0 Å². The van der Waals surface area contributed by atoms with Crippen LogP contribution in [0, 0.1) is 5.92 Å². The number of ether oxygens (including phenoxy) is 1. The fourth-order valence-electron chi connectivity index (χ4n) is 3.15. The lowest BCUT2D eigenvalue weighted by molar-refractivity contribution is -0.116. The molecule has 108 valence electrons. The molecule has 2 unspecified atom stereocenters. The first-order chi connectivity index (χ1) is 9.63. The van der Waals surface area contributed by atoms with Crippen LogP contribution in [0.5, 0.6) is 5.75 Å². The summed E-state index contributed by atoms with van der Waals surface area (Å²) in [6.45, 7) is 2.25. The van der Waals surface area contributed by atoms with Gasteiger partial charge in [0.15, 0.2) is 0 Å². The lowest BCUT2D eigenvalue weighted by Crippen LogP contribution is -2.28. The summed E-state index contributed by atoms with van der Waals surface area (Å²) in [5.41, 5.74) is 8.65. The average molecular weight is 274 g/mol. The molecule has 0 bridgehead atoms. The maximum Gasteiger partial charge on any atom is 0.224 e. The van der Waals surface area contributed by atoms with Gasteiger partial charge in [-0.3, -0.25) is 4.79 Å². The number of nitrogens with one attached hydrogen (secondary N) is 1. The van der Waals surface area contributed by atoms with Crippen LogP contribution in [-0.2, 0) is 11.2 Å². The van der Waals surface area contributed by atoms with Crippen LogP contribution in [0.3, 0.4) is 0 Å². The van der Waals surface area contributed by atoms with Crippen LogP contribution in [0.1, 0.15) is 44.6 Å². The Labute approximate surface area is 119 Å². The molecule has 1 aromatic rings. The van der Waals surface area contributed by atoms with Crippen LogP contribution >= 0.6 is 0 Å². The standard InChI is InChI=1S/C16H22N2O2/c1-10-4-2-3-5-14(10)20-15-8-11-6-7-16(19)18-13(11)9-12(15)17/h8-10,14H,2-7,17H2,1H3,(H,18,19). The molecule has 1 aromatic carbocycles. The minimum atomic E-state index is 0.0615.